The quantitative estimate of drug-likeness (QED) is 0.310. The Morgan fingerprint density at radius 3 is 0.656 bits per heavy atom. The monoisotopic (exact) mass is 534 g/mol. The highest BCUT2D eigenvalue weighted by molar-refractivity contribution is 5.19. The lowest BCUT2D eigenvalue weighted by Gasteiger charge is -2.48. The first-order valence-corrected chi connectivity index (χ1v) is 6.72. The minimum Gasteiger partial charge on any atom is -0.200 e. The zero-order valence-electron chi connectivity index (χ0n) is 13.9. The van der Waals surface area contributed by atoms with Crippen molar-refractivity contribution < 1.29 is 92.2 Å². The number of alkyl halides is 21. The van der Waals surface area contributed by atoms with Crippen molar-refractivity contribution in [3.05, 3.63) is 0 Å². The molecule has 0 aliphatic heterocycles. The molecule has 0 spiro atoms. The summed E-state index contributed by atoms with van der Waals surface area (Å²) in [4.78, 5) is 0. The fraction of sp³-hybridized carbons (Fsp3) is 1.00. The molecule has 0 rings (SSSR count). The van der Waals surface area contributed by atoms with E-state index in [1.807, 2.05) is 0 Å². The Kier molecular flexibility index (Phi) is 6.69. The molecule has 0 atom stereocenters. The number of halogens is 21. The maximum absolute atomic E-state index is 13.6. The summed E-state index contributed by atoms with van der Waals surface area (Å²) in [5.74, 6) is -51.0. The van der Waals surface area contributed by atoms with E-state index in [9.17, 15) is 92.2 Å². The Morgan fingerprint density at radius 1 is 0.281 bits per heavy atom. The van der Waals surface area contributed by atoms with Gasteiger partial charge in [0.05, 0.1) is 0 Å². The maximum atomic E-state index is 13.6. The Bertz CT molecular complexity index is 642. The van der Waals surface area contributed by atoms with Crippen LogP contribution in [-0.2, 0) is 0 Å². The van der Waals surface area contributed by atoms with E-state index in [0.29, 0.717) is 0 Å². The van der Waals surface area contributed by atoms with E-state index in [1.54, 1.807) is 0 Å². The maximum Gasteiger partial charge on any atom is 0.418 e. The number of rotatable bonds is 6. The van der Waals surface area contributed by atoms with Crippen LogP contribution in [0.25, 0.3) is 0 Å². The van der Waals surface area contributed by atoms with E-state index in [-0.39, 0.29) is 0 Å². The van der Waals surface area contributed by atoms with Gasteiger partial charge in [0.25, 0.3) is 0 Å². The van der Waals surface area contributed by atoms with E-state index in [2.05, 4.69) is 0 Å². The first-order valence-electron chi connectivity index (χ1n) is 6.72. The summed E-state index contributed by atoms with van der Waals surface area (Å²) < 4.78 is 271. The highest BCUT2D eigenvalue weighted by atomic mass is 19.4. The van der Waals surface area contributed by atoms with Gasteiger partial charge < -0.3 is 0 Å². The van der Waals surface area contributed by atoms with Crippen molar-refractivity contribution in [3.63, 3.8) is 0 Å². The van der Waals surface area contributed by atoms with Crippen LogP contribution in [0.4, 0.5) is 92.2 Å². The van der Waals surface area contributed by atoms with E-state index in [0.717, 1.165) is 0 Å². The summed E-state index contributed by atoms with van der Waals surface area (Å²) in [6, 6.07) is 0. The van der Waals surface area contributed by atoms with Gasteiger partial charge >= 0.3 is 59.5 Å². The lowest BCUT2D eigenvalue weighted by Crippen LogP contribution is -2.79. The number of hydrogen-bond donors (Lipinski definition) is 0. The minimum absolute atomic E-state index is 1.45. The van der Waals surface area contributed by atoms with Gasteiger partial charge in [-0.2, -0.15) is 92.2 Å². The molecule has 0 aromatic heterocycles. The average molecular weight is 534 g/mol. The lowest BCUT2D eigenvalue weighted by molar-refractivity contribution is -0.518. The fourth-order valence-corrected chi connectivity index (χ4v) is 2.12. The molecule has 0 aromatic carbocycles. The second-order valence-corrected chi connectivity index (χ2v) is 6.00. The zero-order valence-corrected chi connectivity index (χ0v) is 13.9. The Morgan fingerprint density at radius 2 is 0.469 bits per heavy atom. The first kappa shape index (κ1) is 30.5. The molecule has 0 fully saturated rings. The third-order valence-electron chi connectivity index (χ3n) is 3.88. The van der Waals surface area contributed by atoms with Crippen LogP contribution in [0.3, 0.4) is 0 Å². The Balaban J connectivity index is 7.57. The predicted octanol–water partition coefficient (Wildman–Crippen LogP) is 7.49. The first-order chi connectivity index (χ1) is 13.2. The van der Waals surface area contributed by atoms with Crippen molar-refractivity contribution in [1.82, 2.24) is 0 Å². The van der Waals surface area contributed by atoms with Crippen molar-refractivity contribution in [3.8, 4) is 0 Å². The summed E-state index contributed by atoms with van der Waals surface area (Å²) in [5.41, 5.74) is -9.26. The van der Waals surface area contributed by atoms with Gasteiger partial charge in [-0.05, 0) is 0 Å². The van der Waals surface area contributed by atoms with Crippen LogP contribution < -0.4 is 0 Å². The van der Waals surface area contributed by atoms with E-state index in [4.69, 9.17) is 0 Å². The summed E-state index contributed by atoms with van der Waals surface area (Å²) >= 11 is 0. The van der Waals surface area contributed by atoms with Crippen LogP contribution in [-0.4, -0.2) is 54.1 Å². The number of hydrogen-bond acceptors (Lipinski definition) is 0. The van der Waals surface area contributed by atoms with Gasteiger partial charge in [-0.15, -0.1) is 0 Å². The van der Waals surface area contributed by atoms with E-state index >= 15 is 0 Å². The summed E-state index contributed by atoms with van der Waals surface area (Å²) in [7, 11) is 0. The zero-order chi connectivity index (χ0) is 27.0. The second kappa shape index (κ2) is 7.02. The Hall–Kier alpha value is -1.47. The third-order valence-corrected chi connectivity index (χ3v) is 3.88. The highest BCUT2D eigenvalue weighted by Gasteiger charge is 3.02. The second-order valence-electron chi connectivity index (χ2n) is 6.00. The molecule has 0 amide bonds. The van der Waals surface area contributed by atoms with Gasteiger partial charge in [0.2, 0.25) is 0 Å². The molecule has 21 heteroatoms. The van der Waals surface area contributed by atoms with Crippen LogP contribution in [0.15, 0.2) is 0 Å². The van der Waals surface area contributed by atoms with Gasteiger partial charge in [-0.1, -0.05) is 0 Å². The normalized spacial score (nSPS) is 17.1. The topological polar surface area (TPSA) is 0 Å². The SMILES string of the molecule is CC(F)(F)C(F)(F)C(F)(F)C(F)(F)C(F)(F)C(F)(F)C(C(F)(F)F)(C(F)(F)F)C(F)(F)F. The van der Waals surface area contributed by atoms with Crippen molar-refractivity contribution in [2.45, 2.75) is 61.0 Å². The van der Waals surface area contributed by atoms with Gasteiger partial charge in [0.15, 0.2) is 0 Å². The molecule has 0 heterocycles. The van der Waals surface area contributed by atoms with Crippen molar-refractivity contribution in [1.29, 1.82) is 0 Å². The molecule has 32 heavy (non-hydrogen) atoms. The van der Waals surface area contributed by atoms with Crippen molar-refractivity contribution in [2.75, 3.05) is 0 Å². The van der Waals surface area contributed by atoms with Crippen molar-refractivity contribution in [2.24, 2.45) is 5.41 Å². The summed E-state index contributed by atoms with van der Waals surface area (Å²) in [6.45, 7) is -1.45. The van der Waals surface area contributed by atoms with Gasteiger partial charge in [-0.3, -0.25) is 0 Å². The van der Waals surface area contributed by atoms with Crippen LogP contribution >= 0.6 is 0 Å². The third kappa shape index (κ3) is 3.42. The van der Waals surface area contributed by atoms with Gasteiger partial charge in [0, 0.05) is 6.92 Å². The molecule has 0 aliphatic carbocycles. The Labute approximate surface area is 160 Å². The molecule has 0 saturated carbocycles. The summed E-state index contributed by atoms with van der Waals surface area (Å²) in [5, 5.41) is 0. The van der Waals surface area contributed by atoms with Crippen LogP contribution in [0.5, 0.6) is 0 Å². The average Bonchev–Trinajstić information content (AvgIpc) is 2.39. The molecular weight excluding hydrogens is 531 g/mol. The van der Waals surface area contributed by atoms with Gasteiger partial charge in [-0.25, -0.2) is 0 Å². The van der Waals surface area contributed by atoms with E-state index < -0.39 is 66.4 Å². The largest absolute Gasteiger partial charge is 0.418 e. The standard InChI is InChI=1S/C11H3F21/c1-2(12,13)4(14,15)6(18,19)8(22,23)7(20,21)5(16,17)3(9(24,25)26,10(27,28)29)11(30,31)32/h1H3. The molecule has 0 bridgehead atoms. The highest BCUT2D eigenvalue weighted by Crippen LogP contribution is 2.72. The van der Waals surface area contributed by atoms with Crippen LogP contribution in [0.1, 0.15) is 6.92 Å². The van der Waals surface area contributed by atoms with Gasteiger partial charge in [0.1, 0.15) is 0 Å². The molecule has 0 radical (unpaired) electrons. The van der Waals surface area contributed by atoms with Crippen molar-refractivity contribution >= 4 is 0 Å². The van der Waals surface area contributed by atoms with E-state index in [1.165, 1.54) is 0 Å². The summed E-state index contributed by atoms with van der Waals surface area (Å²) in [6.07, 6.45) is -26.3. The molecule has 0 unspecified atom stereocenters. The lowest BCUT2D eigenvalue weighted by atomic mass is 9.73. The molecule has 0 aliphatic rings. The van der Waals surface area contributed by atoms with Crippen LogP contribution in [0.2, 0.25) is 0 Å². The molecule has 0 saturated heterocycles. The molecule has 0 aromatic rings. The predicted molar refractivity (Wildman–Crippen MR) is 56.0 cm³/mol. The fourth-order valence-electron chi connectivity index (χ4n) is 2.12. The smallest absolute Gasteiger partial charge is 0.200 e. The minimum atomic E-state index is -9.47. The molecular formula is C11H3F21. The molecule has 0 N–H and O–H groups in total. The molecule has 194 valence electrons. The van der Waals surface area contributed by atoms with Crippen LogP contribution in [0, 0.1) is 5.41 Å². The molecule has 0 nitrogen and oxygen atoms in total.